The zero-order valence-electron chi connectivity index (χ0n) is 16.2. The van der Waals surface area contributed by atoms with Crippen LogP contribution in [0, 0.1) is 5.82 Å². The van der Waals surface area contributed by atoms with Gasteiger partial charge in [-0.3, -0.25) is 9.59 Å². The van der Waals surface area contributed by atoms with Crippen LogP contribution in [0.3, 0.4) is 0 Å². The number of amides is 2. The Kier molecular flexibility index (Phi) is 7.07. The van der Waals surface area contributed by atoms with Gasteiger partial charge < -0.3 is 15.2 Å². The summed E-state index contributed by atoms with van der Waals surface area (Å²) < 4.78 is 15.5. The van der Waals surface area contributed by atoms with E-state index in [4.69, 9.17) is 11.6 Å². The Bertz CT molecular complexity index is 1070. The highest BCUT2D eigenvalue weighted by Crippen LogP contribution is 2.23. The fourth-order valence-electron chi connectivity index (χ4n) is 2.69. The van der Waals surface area contributed by atoms with Crippen molar-refractivity contribution >= 4 is 40.9 Å². The molecular weight excluding hydrogens is 429 g/mol. The van der Waals surface area contributed by atoms with E-state index in [-0.39, 0.29) is 17.2 Å². The van der Waals surface area contributed by atoms with Crippen LogP contribution in [-0.2, 0) is 11.8 Å². The van der Waals surface area contributed by atoms with E-state index in [2.05, 4.69) is 20.8 Å². The Labute approximate surface area is 182 Å². The van der Waals surface area contributed by atoms with Gasteiger partial charge in [-0.05, 0) is 31.2 Å². The van der Waals surface area contributed by atoms with Gasteiger partial charge in [0.15, 0.2) is 11.0 Å². The van der Waals surface area contributed by atoms with Gasteiger partial charge in [0.2, 0.25) is 5.91 Å². The largest absolute Gasteiger partial charge is 0.342 e. The first-order valence-electron chi connectivity index (χ1n) is 8.98. The van der Waals surface area contributed by atoms with Crippen molar-refractivity contribution in [1.29, 1.82) is 0 Å². The predicted octanol–water partition coefficient (Wildman–Crippen LogP) is 3.83. The van der Waals surface area contributed by atoms with E-state index in [9.17, 15) is 14.0 Å². The van der Waals surface area contributed by atoms with E-state index < -0.39 is 17.8 Å². The van der Waals surface area contributed by atoms with Crippen molar-refractivity contribution in [2.45, 2.75) is 18.1 Å². The molecule has 10 heteroatoms. The fraction of sp³-hybridized carbons (Fsp3) is 0.200. The molecule has 0 bridgehead atoms. The molecule has 1 heterocycles. The number of carbonyl (C=O) groups is 2. The monoisotopic (exact) mass is 447 g/mol. The number of nitrogens with zero attached hydrogens (tertiary/aromatic N) is 3. The Morgan fingerprint density at radius 3 is 2.60 bits per heavy atom. The Hall–Kier alpha value is -2.91. The summed E-state index contributed by atoms with van der Waals surface area (Å²) in [5, 5.41) is 14.6. The third kappa shape index (κ3) is 5.17. The summed E-state index contributed by atoms with van der Waals surface area (Å²) in [7, 11) is 1.73. The molecule has 1 atom stereocenters. The lowest BCUT2D eigenvalue weighted by molar-refractivity contribution is -0.113. The Morgan fingerprint density at radius 1 is 1.17 bits per heavy atom. The van der Waals surface area contributed by atoms with E-state index in [0.717, 1.165) is 0 Å². The number of nitrogens with one attached hydrogen (secondary N) is 2. The molecule has 3 aromatic rings. The van der Waals surface area contributed by atoms with Crippen LogP contribution in [0.2, 0.25) is 5.02 Å². The Morgan fingerprint density at radius 2 is 1.87 bits per heavy atom. The normalized spacial score (nSPS) is 11.7. The summed E-state index contributed by atoms with van der Waals surface area (Å²) in [5.74, 6) is -0.794. The van der Waals surface area contributed by atoms with E-state index in [1.54, 1.807) is 48.9 Å². The number of anilines is 1. The van der Waals surface area contributed by atoms with Crippen LogP contribution in [-0.4, -0.2) is 32.3 Å². The molecule has 0 aliphatic carbocycles. The minimum Gasteiger partial charge on any atom is -0.342 e. The SMILES string of the molecule is C[C@@H](NC(=O)c1ccccc1F)c1nnc(SCC(=O)Nc2ccccc2Cl)n1C. The molecule has 0 radical (unpaired) electrons. The second-order valence-corrected chi connectivity index (χ2v) is 7.74. The molecule has 0 aliphatic rings. The van der Waals surface area contributed by atoms with Crippen LogP contribution >= 0.6 is 23.4 Å². The number of carbonyl (C=O) groups excluding carboxylic acids is 2. The molecule has 2 N–H and O–H groups in total. The number of hydrogen-bond acceptors (Lipinski definition) is 5. The molecule has 7 nitrogen and oxygen atoms in total. The summed E-state index contributed by atoms with van der Waals surface area (Å²) in [5.41, 5.74) is 0.491. The third-order valence-electron chi connectivity index (χ3n) is 4.20. The van der Waals surface area contributed by atoms with Crippen molar-refractivity contribution in [3.05, 3.63) is 70.8 Å². The number of hydrogen-bond donors (Lipinski definition) is 2. The average molecular weight is 448 g/mol. The van der Waals surface area contributed by atoms with Gasteiger partial charge in [-0.1, -0.05) is 47.6 Å². The predicted molar refractivity (Wildman–Crippen MR) is 114 cm³/mol. The highest BCUT2D eigenvalue weighted by Gasteiger charge is 2.20. The van der Waals surface area contributed by atoms with Crippen LogP contribution in [0.4, 0.5) is 10.1 Å². The molecular formula is C20H19ClFN5O2S. The topological polar surface area (TPSA) is 88.9 Å². The van der Waals surface area contributed by atoms with Crippen molar-refractivity contribution in [3.63, 3.8) is 0 Å². The van der Waals surface area contributed by atoms with Crippen molar-refractivity contribution in [3.8, 4) is 0 Å². The van der Waals surface area contributed by atoms with Gasteiger partial charge in [-0.15, -0.1) is 10.2 Å². The number of halogens is 2. The lowest BCUT2D eigenvalue weighted by Gasteiger charge is -2.14. The van der Waals surface area contributed by atoms with E-state index in [0.29, 0.717) is 21.7 Å². The molecule has 30 heavy (non-hydrogen) atoms. The van der Waals surface area contributed by atoms with Gasteiger partial charge in [-0.2, -0.15) is 0 Å². The maximum atomic E-state index is 13.8. The summed E-state index contributed by atoms with van der Waals surface area (Å²) in [6.45, 7) is 1.72. The molecule has 0 unspecified atom stereocenters. The van der Waals surface area contributed by atoms with Crippen LogP contribution in [0.25, 0.3) is 0 Å². The maximum absolute atomic E-state index is 13.8. The van der Waals surface area contributed by atoms with Gasteiger partial charge in [0.1, 0.15) is 5.82 Å². The zero-order valence-corrected chi connectivity index (χ0v) is 17.8. The van der Waals surface area contributed by atoms with Gasteiger partial charge in [0.05, 0.1) is 28.1 Å². The van der Waals surface area contributed by atoms with Crippen LogP contribution < -0.4 is 10.6 Å². The number of rotatable bonds is 7. The fourth-order valence-corrected chi connectivity index (χ4v) is 3.59. The van der Waals surface area contributed by atoms with E-state index in [1.807, 2.05) is 0 Å². The summed E-state index contributed by atoms with van der Waals surface area (Å²) in [6.07, 6.45) is 0. The van der Waals surface area contributed by atoms with E-state index in [1.165, 1.54) is 30.0 Å². The minimum atomic E-state index is -0.596. The molecule has 1 aromatic heterocycles. The second-order valence-electron chi connectivity index (χ2n) is 6.39. The lowest BCUT2D eigenvalue weighted by Crippen LogP contribution is -2.29. The van der Waals surface area contributed by atoms with Crippen LogP contribution in [0.5, 0.6) is 0 Å². The van der Waals surface area contributed by atoms with Crippen molar-refractivity contribution in [1.82, 2.24) is 20.1 Å². The standard InChI is InChI=1S/C20H19ClFN5O2S/c1-12(23-19(29)13-7-3-5-9-15(13)22)18-25-26-20(27(18)2)30-11-17(28)24-16-10-6-4-8-14(16)21/h3-10,12H,11H2,1-2H3,(H,23,29)(H,24,28)/t12-/m1/s1. The molecule has 156 valence electrons. The molecule has 0 spiro atoms. The molecule has 0 saturated carbocycles. The molecule has 0 fully saturated rings. The third-order valence-corrected chi connectivity index (χ3v) is 5.55. The van der Waals surface area contributed by atoms with Gasteiger partial charge in [0.25, 0.3) is 5.91 Å². The van der Waals surface area contributed by atoms with E-state index >= 15 is 0 Å². The first-order chi connectivity index (χ1) is 14.4. The van der Waals surface area contributed by atoms with Crippen molar-refractivity contribution in [2.24, 2.45) is 7.05 Å². The quantitative estimate of drug-likeness (QED) is 0.537. The average Bonchev–Trinajstić information content (AvgIpc) is 3.09. The summed E-state index contributed by atoms with van der Waals surface area (Å²) >= 11 is 7.24. The number of thioether (sulfide) groups is 1. The number of para-hydroxylation sites is 1. The van der Waals surface area contributed by atoms with Gasteiger partial charge >= 0.3 is 0 Å². The highest BCUT2D eigenvalue weighted by molar-refractivity contribution is 7.99. The molecule has 2 amide bonds. The highest BCUT2D eigenvalue weighted by atomic mass is 35.5. The second kappa shape index (κ2) is 9.73. The minimum absolute atomic E-state index is 0.0441. The Balaban J connectivity index is 1.60. The van der Waals surface area contributed by atoms with Crippen LogP contribution in [0.1, 0.15) is 29.1 Å². The summed E-state index contributed by atoms with van der Waals surface area (Å²) in [6, 6.07) is 12.2. The van der Waals surface area contributed by atoms with Gasteiger partial charge in [-0.25, -0.2) is 4.39 Å². The maximum Gasteiger partial charge on any atom is 0.254 e. The van der Waals surface area contributed by atoms with Crippen molar-refractivity contribution < 1.29 is 14.0 Å². The first-order valence-corrected chi connectivity index (χ1v) is 10.3. The lowest BCUT2D eigenvalue weighted by atomic mass is 10.2. The number of aromatic nitrogens is 3. The zero-order chi connectivity index (χ0) is 21.7. The summed E-state index contributed by atoms with van der Waals surface area (Å²) in [4.78, 5) is 24.5. The molecule has 2 aromatic carbocycles. The van der Waals surface area contributed by atoms with Crippen molar-refractivity contribution in [2.75, 3.05) is 11.1 Å². The van der Waals surface area contributed by atoms with Gasteiger partial charge in [0, 0.05) is 7.05 Å². The number of benzene rings is 2. The van der Waals surface area contributed by atoms with Crippen LogP contribution in [0.15, 0.2) is 53.7 Å². The molecule has 3 rings (SSSR count). The molecule has 0 aliphatic heterocycles. The molecule has 0 saturated heterocycles. The smallest absolute Gasteiger partial charge is 0.254 e. The first kappa shape index (κ1) is 21.8.